The molecule has 0 atom stereocenters. The first-order chi connectivity index (χ1) is 17.3. The fourth-order valence-corrected chi connectivity index (χ4v) is 3.88. The number of nitrogens with zero attached hydrogens (tertiary/aromatic N) is 3. The second kappa shape index (κ2) is 10.9. The Hall–Kier alpha value is -4.34. The van der Waals surface area contributed by atoms with Crippen molar-refractivity contribution in [3.63, 3.8) is 0 Å². The lowest BCUT2D eigenvalue weighted by atomic mass is 10.2. The number of hydrogen-bond acceptors (Lipinski definition) is 6. The summed E-state index contributed by atoms with van der Waals surface area (Å²) in [5.41, 5.74) is 4.67. The Bertz CT molecular complexity index is 1300. The summed E-state index contributed by atoms with van der Waals surface area (Å²) in [6, 6.07) is 12.1. The van der Waals surface area contributed by atoms with Crippen LogP contribution >= 0.6 is 0 Å². The summed E-state index contributed by atoms with van der Waals surface area (Å²) < 4.78 is 13.2. The second-order valence-electron chi connectivity index (χ2n) is 8.33. The van der Waals surface area contributed by atoms with Gasteiger partial charge in [0.2, 0.25) is 11.9 Å². The zero-order valence-electron chi connectivity index (χ0n) is 20.8. The lowest BCUT2D eigenvalue weighted by molar-refractivity contribution is -0.114. The van der Waals surface area contributed by atoms with Crippen molar-refractivity contribution in [2.24, 2.45) is 4.99 Å². The number of aryl methyl sites for hydroxylation is 2. The van der Waals surface area contributed by atoms with Crippen molar-refractivity contribution in [2.75, 3.05) is 23.8 Å². The SMILES string of the molecule is CCn1nc(C)c(CN=C(NC(=O)c2ccc(NC(C)=O)cc2)Nc2ccc3c(c2)OCCO3)c1C. The molecule has 0 bridgehead atoms. The quantitative estimate of drug-likeness (QED) is 0.359. The number of anilines is 2. The predicted octanol–water partition coefficient (Wildman–Crippen LogP) is 3.65. The minimum atomic E-state index is -0.342. The number of aromatic nitrogens is 2. The minimum absolute atomic E-state index is 0.178. The smallest absolute Gasteiger partial charge is 0.257 e. The number of ether oxygens (including phenoxy) is 2. The molecule has 10 nitrogen and oxygen atoms in total. The first-order valence-electron chi connectivity index (χ1n) is 11.8. The summed E-state index contributed by atoms with van der Waals surface area (Å²) in [6.45, 7) is 9.52. The monoisotopic (exact) mass is 490 g/mol. The van der Waals surface area contributed by atoms with Gasteiger partial charge in [-0.15, -0.1) is 0 Å². The van der Waals surface area contributed by atoms with Crippen LogP contribution in [0.1, 0.15) is 41.2 Å². The topological polar surface area (TPSA) is 119 Å². The van der Waals surface area contributed by atoms with Crippen LogP contribution in [-0.2, 0) is 17.9 Å². The molecule has 10 heteroatoms. The fraction of sp³-hybridized carbons (Fsp3) is 0.308. The van der Waals surface area contributed by atoms with E-state index >= 15 is 0 Å². The third-order valence-electron chi connectivity index (χ3n) is 5.73. The van der Waals surface area contributed by atoms with Gasteiger partial charge in [-0.05, 0) is 57.2 Å². The molecule has 3 N–H and O–H groups in total. The highest BCUT2D eigenvalue weighted by Gasteiger charge is 2.15. The summed E-state index contributed by atoms with van der Waals surface area (Å²) in [6.07, 6.45) is 0. The molecule has 2 heterocycles. The van der Waals surface area contributed by atoms with Crippen molar-refractivity contribution in [1.82, 2.24) is 15.1 Å². The van der Waals surface area contributed by atoms with E-state index in [2.05, 4.69) is 26.0 Å². The van der Waals surface area contributed by atoms with Crippen LogP contribution in [0.4, 0.5) is 11.4 Å². The van der Waals surface area contributed by atoms with E-state index in [1.54, 1.807) is 24.3 Å². The Morgan fingerprint density at radius 1 is 1.00 bits per heavy atom. The lowest BCUT2D eigenvalue weighted by Crippen LogP contribution is -2.36. The largest absolute Gasteiger partial charge is 0.486 e. The van der Waals surface area contributed by atoms with Crippen LogP contribution in [0.5, 0.6) is 11.5 Å². The van der Waals surface area contributed by atoms with Gasteiger partial charge < -0.3 is 20.1 Å². The standard InChI is InChI=1S/C26H30N6O4/c1-5-32-17(3)22(16(2)31-32)15-27-26(29-21-10-11-23-24(14-21)36-13-12-35-23)30-25(34)19-6-8-20(9-7-19)28-18(4)33/h6-11,14H,5,12-13,15H2,1-4H3,(H,28,33)(H2,27,29,30,34). The van der Waals surface area contributed by atoms with Crippen molar-refractivity contribution >= 4 is 29.1 Å². The van der Waals surface area contributed by atoms with E-state index in [-0.39, 0.29) is 17.8 Å². The highest BCUT2D eigenvalue weighted by atomic mass is 16.6. The van der Waals surface area contributed by atoms with Crippen LogP contribution in [0.25, 0.3) is 0 Å². The van der Waals surface area contributed by atoms with Gasteiger partial charge in [-0.3, -0.25) is 19.6 Å². The fourth-order valence-electron chi connectivity index (χ4n) is 3.88. The van der Waals surface area contributed by atoms with Crippen LogP contribution in [0.2, 0.25) is 0 Å². The average Bonchev–Trinajstić information content (AvgIpc) is 3.14. The number of carbonyl (C=O) groups is 2. The lowest BCUT2D eigenvalue weighted by Gasteiger charge is -2.19. The molecular weight excluding hydrogens is 460 g/mol. The minimum Gasteiger partial charge on any atom is -0.486 e. The predicted molar refractivity (Wildman–Crippen MR) is 138 cm³/mol. The molecule has 0 aliphatic carbocycles. The molecule has 2 aromatic carbocycles. The first-order valence-corrected chi connectivity index (χ1v) is 11.8. The number of nitrogens with one attached hydrogen (secondary N) is 3. The zero-order chi connectivity index (χ0) is 25.7. The summed E-state index contributed by atoms with van der Waals surface area (Å²) in [7, 11) is 0. The molecule has 0 unspecified atom stereocenters. The number of fused-ring (bicyclic) bond motifs is 1. The number of aliphatic imine (C=N–C) groups is 1. The van der Waals surface area contributed by atoms with E-state index in [4.69, 9.17) is 9.47 Å². The molecule has 2 amide bonds. The van der Waals surface area contributed by atoms with Crippen molar-refractivity contribution < 1.29 is 19.1 Å². The Balaban J connectivity index is 1.57. The van der Waals surface area contributed by atoms with E-state index < -0.39 is 0 Å². The van der Waals surface area contributed by atoms with Crippen LogP contribution in [0, 0.1) is 13.8 Å². The Labute approximate surface area is 209 Å². The van der Waals surface area contributed by atoms with Crippen molar-refractivity contribution in [2.45, 2.75) is 40.8 Å². The number of guanidine groups is 1. The Morgan fingerprint density at radius 2 is 1.69 bits per heavy atom. The number of amides is 2. The molecular formula is C26H30N6O4. The van der Waals surface area contributed by atoms with Crippen LogP contribution in [0.3, 0.4) is 0 Å². The third kappa shape index (κ3) is 5.83. The molecule has 3 aromatic rings. The van der Waals surface area contributed by atoms with E-state index in [1.165, 1.54) is 6.92 Å². The number of hydrogen-bond donors (Lipinski definition) is 3. The molecule has 1 aliphatic rings. The number of rotatable bonds is 6. The molecule has 0 radical (unpaired) electrons. The van der Waals surface area contributed by atoms with Gasteiger partial charge in [0.05, 0.1) is 12.2 Å². The zero-order valence-corrected chi connectivity index (χ0v) is 20.8. The molecule has 36 heavy (non-hydrogen) atoms. The van der Waals surface area contributed by atoms with Gasteiger partial charge in [-0.2, -0.15) is 5.10 Å². The highest BCUT2D eigenvalue weighted by molar-refractivity contribution is 6.10. The van der Waals surface area contributed by atoms with E-state index in [9.17, 15) is 9.59 Å². The van der Waals surface area contributed by atoms with Gasteiger partial charge in [-0.25, -0.2) is 4.99 Å². The third-order valence-corrected chi connectivity index (χ3v) is 5.73. The molecule has 0 saturated heterocycles. The van der Waals surface area contributed by atoms with E-state index in [1.807, 2.05) is 43.7 Å². The van der Waals surface area contributed by atoms with Crippen molar-refractivity contribution in [3.8, 4) is 11.5 Å². The average molecular weight is 491 g/mol. The Kier molecular flexibility index (Phi) is 7.53. The number of benzene rings is 2. The summed E-state index contributed by atoms with van der Waals surface area (Å²) in [5.74, 6) is 1.06. The van der Waals surface area contributed by atoms with Gasteiger partial charge >= 0.3 is 0 Å². The van der Waals surface area contributed by atoms with Crippen LogP contribution in [0.15, 0.2) is 47.5 Å². The second-order valence-corrected chi connectivity index (χ2v) is 8.33. The molecule has 4 rings (SSSR count). The normalized spacial score (nSPS) is 12.7. The summed E-state index contributed by atoms with van der Waals surface area (Å²) in [4.78, 5) is 29.0. The molecule has 1 aromatic heterocycles. The maximum atomic E-state index is 13.0. The van der Waals surface area contributed by atoms with E-state index in [0.29, 0.717) is 48.2 Å². The van der Waals surface area contributed by atoms with Crippen molar-refractivity contribution in [1.29, 1.82) is 0 Å². The highest BCUT2D eigenvalue weighted by Crippen LogP contribution is 2.32. The Morgan fingerprint density at radius 3 is 2.36 bits per heavy atom. The van der Waals surface area contributed by atoms with Crippen molar-refractivity contribution in [3.05, 3.63) is 65.0 Å². The van der Waals surface area contributed by atoms with Crippen LogP contribution < -0.4 is 25.4 Å². The molecule has 0 saturated carbocycles. The molecule has 188 valence electrons. The van der Waals surface area contributed by atoms with Gasteiger partial charge in [0, 0.05) is 47.7 Å². The molecule has 1 aliphatic heterocycles. The summed E-state index contributed by atoms with van der Waals surface area (Å²) >= 11 is 0. The molecule has 0 spiro atoms. The van der Waals surface area contributed by atoms with Gasteiger partial charge in [0.15, 0.2) is 11.5 Å². The van der Waals surface area contributed by atoms with Gasteiger partial charge in [0.25, 0.3) is 5.91 Å². The van der Waals surface area contributed by atoms with Crippen LogP contribution in [-0.4, -0.2) is 40.8 Å². The summed E-state index contributed by atoms with van der Waals surface area (Å²) in [5, 5.41) is 13.3. The van der Waals surface area contributed by atoms with Gasteiger partial charge in [-0.1, -0.05) is 0 Å². The number of carbonyl (C=O) groups excluding carboxylic acids is 2. The maximum Gasteiger partial charge on any atom is 0.257 e. The van der Waals surface area contributed by atoms with Gasteiger partial charge in [0.1, 0.15) is 13.2 Å². The first kappa shape index (κ1) is 24.8. The van der Waals surface area contributed by atoms with E-state index in [0.717, 1.165) is 23.5 Å². The molecule has 0 fully saturated rings. The maximum absolute atomic E-state index is 13.0.